The Kier molecular flexibility index (Phi) is 6.31. The molecule has 1 amide bonds. The molecule has 0 bridgehead atoms. The lowest BCUT2D eigenvalue weighted by molar-refractivity contribution is -0.136. The average Bonchev–Trinajstić information content (AvgIpc) is 1.96. The molecule has 0 aliphatic carbocycles. The van der Waals surface area contributed by atoms with Crippen molar-refractivity contribution >= 4 is 12.4 Å². The van der Waals surface area contributed by atoms with Crippen molar-refractivity contribution in [3.63, 3.8) is 0 Å². The van der Waals surface area contributed by atoms with Gasteiger partial charge in [0.25, 0.3) is 0 Å². The molecule has 0 radical (unpaired) electrons. The number of hydrogen-bond donors (Lipinski definition) is 3. The standard InChI is InChI=1S/C6H12N2O3/c9-5-8-4-3-7-2-1-6(10)11/h5,7H,1-4H2,(H,8,9)(H,10,11). The van der Waals surface area contributed by atoms with E-state index in [1.807, 2.05) is 0 Å². The first-order chi connectivity index (χ1) is 5.27. The summed E-state index contributed by atoms with van der Waals surface area (Å²) in [7, 11) is 0. The molecule has 3 N–H and O–H groups in total. The minimum atomic E-state index is -0.819. The van der Waals surface area contributed by atoms with Gasteiger partial charge in [-0.05, 0) is 0 Å². The average molecular weight is 160 g/mol. The number of aliphatic carboxylic acids is 1. The Morgan fingerprint density at radius 1 is 1.36 bits per heavy atom. The summed E-state index contributed by atoms with van der Waals surface area (Å²) in [6.45, 7) is 1.57. The van der Waals surface area contributed by atoms with Crippen LogP contribution in [0.2, 0.25) is 0 Å². The van der Waals surface area contributed by atoms with Gasteiger partial charge in [-0.25, -0.2) is 0 Å². The minimum Gasteiger partial charge on any atom is -0.481 e. The molecular formula is C6H12N2O3. The van der Waals surface area contributed by atoms with E-state index in [2.05, 4.69) is 10.6 Å². The molecule has 0 saturated carbocycles. The molecule has 11 heavy (non-hydrogen) atoms. The lowest BCUT2D eigenvalue weighted by Gasteiger charge is -2.00. The van der Waals surface area contributed by atoms with Gasteiger partial charge in [0.1, 0.15) is 0 Å². The summed E-state index contributed by atoms with van der Waals surface area (Å²) in [4.78, 5) is 19.7. The van der Waals surface area contributed by atoms with E-state index < -0.39 is 5.97 Å². The van der Waals surface area contributed by atoms with E-state index in [9.17, 15) is 9.59 Å². The summed E-state index contributed by atoms with van der Waals surface area (Å²) in [5.74, 6) is -0.819. The van der Waals surface area contributed by atoms with Crippen LogP contribution in [0.1, 0.15) is 6.42 Å². The van der Waals surface area contributed by atoms with Gasteiger partial charge in [0.2, 0.25) is 6.41 Å². The second-order valence-corrected chi connectivity index (χ2v) is 1.97. The summed E-state index contributed by atoms with van der Waals surface area (Å²) in [5.41, 5.74) is 0. The van der Waals surface area contributed by atoms with Crippen molar-refractivity contribution in [3.05, 3.63) is 0 Å². The maximum atomic E-state index is 9.98. The zero-order valence-electron chi connectivity index (χ0n) is 6.17. The van der Waals surface area contributed by atoms with Gasteiger partial charge in [-0.15, -0.1) is 0 Å². The Labute approximate surface area is 64.8 Å². The second-order valence-electron chi connectivity index (χ2n) is 1.97. The van der Waals surface area contributed by atoms with Crippen molar-refractivity contribution in [2.24, 2.45) is 0 Å². The molecule has 0 aromatic rings. The molecule has 0 spiro atoms. The molecule has 0 atom stereocenters. The monoisotopic (exact) mass is 160 g/mol. The molecule has 0 fully saturated rings. The smallest absolute Gasteiger partial charge is 0.304 e. The van der Waals surface area contributed by atoms with E-state index in [0.717, 1.165) is 0 Å². The second kappa shape index (κ2) is 7.01. The van der Waals surface area contributed by atoms with Crippen LogP contribution in [0.25, 0.3) is 0 Å². The molecular weight excluding hydrogens is 148 g/mol. The number of hydrogen-bond acceptors (Lipinski definition) is 3. The van der Waals surface area contributed by atoms with E-state index in [1.165, 1.54) is 0 Å². The van der Waals surface area contributed by atoms with Gasteiger partial charge < -0.3 is 15.7 Å². The topological polar surface area (TPSA) is 78.4 Å². The highest BCUT2D eigenvalue weighted by Crippen LogP contribution is 1.73. The Balaban J connectivity index is 2.90. The predicted molar refractivity (Wildman–Crippen MR) is 39.2 cm³/mol. The van der Waals surface area contributed by atoms with Crippen LogP contribution in [0.5, 0.6) is 0 Å². The van der Waals surface area contributed by atoms with Crippen LogP contribution in [0.3, 0.4) is 0 Å². The Hall–Kier alpha value is -1.10. The van der Waals surface area contributed by atoms with E-state index in [0.29, 0.717) is 26.0 Å². The SMILES string of the molecule is O=CNCCNCCC(=O)O. The van der Waals surface area contributed by atoms with Crippen molar-refractivity contribution in [2.45, 2.75) is 6.42 Å². The molecule has 0 saturated heterocycles. The fraction of sp³-hybridized carbons (Fsp3) is 0.667. The number of carbonyl (C=O) groups is 2. The summed E-state index contributed by atoms with van der Waals surface area (Å²) in [6.07, 6.45) is 0.722. The normalized spacial score (nSPS) is 9.09. The molecule has 0 heterocycles. The highest BCUT2D eigenvalue weighted by Gasteiger charge is 1.93. The molecule has 0 aliphatic rings. The van der Waals surface area contributed by atoms with Gasteiger partial charge in [-0.1, -0.05) is 0 Å². The van der Waals surface area contributed by atoms with Crippen LogP contribution < -0.4 is 10.6 Å². The number of amides is 1. The van der Waals surface area contributed by atoms with E-state index in [-0.39, 0.29) is 6.42 Å². The number of carbonyl (C=O) groups excluding carboxylic acids is 1. The Morgan fingerprint density at radius 2 is 2.09 bits per heavy atom. The first kappa shape index (κ1) is 9.90. The van der Waals surface area contributed by atoms with Gasteiger partial charge in [0, 0.05) is 19.6 Å². The van der Waals surface area contributed by atoms with Crippen LogP contribution in [-0.2, 0) is 9.59 Å². The van der Waals surface area contributed by atoms with Crippen molar-refractivity contribution in [3.8, 4) is 0 Å². The lowest BCUT2D eigenvalue weighted by Crippen LogP contribution is -2.27. The third kappa shape index (κ3) is 8.90. The lowest BCUT2D eigenvalue weighted by atomic mass is 10.4. The van der Waals surface area contributed by atoms with Gasteiger partial charge >= 0.3 is 5.97 Å². The van der Waals surface area contributed by atoms with Crippen molar-refractivity contribution in [2.75, 3.05) is 19.6 Å². The van der Waals surface area contributed by atoms with E-state index >= 15 is 0 Å². The molecule has 5 heteroatoms. The number of carboxylic acid groups (broad SMARTS) is 1. The highest BCUT2D eigenvalue weighted by atomic mass is 16.4. The summed E-state index contributed by atoms with van der Waals surface area (Å²) in [5, 5.41) is 13.5. The first-order valence-electron chi connectivity index (χ1n) is 3.37. The zero-order valence-corrected chi connectivity index (χ0v) is 6.17. The highest BCUT2D eigenvalue weighted by molar-refractivity contribution is 5.66. The Bertz CT molecular complexity index is 127. The molecule has 0 rings (SSSR count). The van der Waals surface area contributed by atoms with Crippen LogP contribution >= 0.6 is 0 Å². The molecule has 5 nitrogen and oxygen atoms in total. The maximum absolute atomic E-state index is 9.98. The van der Waals surface area contributed by atoms with Crippen LogP contribution in [-0.4, -0.2) is 37.1 Å². The third-order valence-corrected chi connectivity index (χ3v) is 1.05. The summed E-state index contributed by atoms with van der Waals surface area (Å²) >= 11 is 0. The maximum Gasteiger partial charge on any atom is 0.304 e. The fourth-order valence-corrected chi connectivity index (χ4v) is 0.540. The summed E-state index contributed by atoms with van der Waals surface area (Å²) < 4.78 is 0. The molecule has 0 aromatic heterocycles. The van der Waals surface area contributed by atoms with Gasteiger partial charge in [-0.2, -0.15) is 0 Å². The van der Waals surface area contributed by atoms with Gasteiger partial charge in [0.05, 0.1) is 6.42 Å². The minimum absolute atomic E-state index is 0.112. The van der Waals surface area contributed by atoms with Crippen LogP contribution in [0.4, 0.5) is 0 Å². The number of nitrogens with one attached hydrogen (secondary N) is 2. The molecule has 64 valence electrons. The molecule has 0 aromatic carbocycles. The van der Waals surface area contributed by atoms with E-state index in [1.54, 1.807) is 0 Å². The van der Waals surface area contributed by atoms with Crippen molar-refractivity contribution in [1.82, 2.24) is 10.6 Å². The van der Waals surface area contributed by atoms with E-state index in [4.69, 9.17) is 5.11 Å². The van der Waals surface area contributed by atoms with Crippen LogP contribution in [0.15, 0.2) is 0 Å². The molecule has 0 unspecified atom stereocenters. The van der Waals surface area contributed by atoms with Crippen molar-refractivity contribution in [1.29, 1.82) is 0 Å². The largest absolute Gasteiger partial charge is 0.481 e. The quantitative estimate of drug-likeness (QED) is 0.323. The van der Waals surface area contributed by atoms with Crippen molar-refractivity contribution < 1.29 is 14.7 Å². The zero-order chi connectivity index (χ0) is 8.53. The molecule has 0 aliphatic heterocycles. The van der Waals surface area contributed by atoms with Gasteiger partial charge in [0.15, 0.2) is 0 Å². The Morgan fingerprint density at radius 3 is 2.64 bits per heavy atom. The van der Waals surface area contributed by atoms with Gasteiger partial charge in [-0.3, -0.25) is 9.59 Å². The number of carboxylic acids is 1. The summed E-state index contributed by atoms with van der Waals surface area (Å²) in [6, 6.07) is 0. The predicted octanol–water partition coefficient (Wildman–Crippen LogP) is -1.20. The number of rotatable bonds is 7. The first-order valence-corrected chi connectivity index (χ1v) is 3.37. The van der Waals surface area contributed by atoms with Crippen LogP contribution in [0, 0.1) is 0 Å². The fourth-order valence-electron chi connectivity index (χ4n) is 0.540. The third-order valence-electron chi connectivity index (χ3n) is 1.05.